The summed E-state index contributed by atoms with van der Waals surface area (Å²) in [6.07, 6.45) is -3.72. The molecule has 1 aromatic carbocycles. The highest BCUT2D eigenvalue weighted by Crippen LogP contribution is 2.43. The maximum Gasteiger partial charge on any atom is 0.402 e. The highest BCUT2D eigenvalue weighted by molar-refractivity contribution is 5.51. The molecule has 0 aromatic heterocycles. The lowest BCUT2D eigenvalue weighted by Gasteiger charge is -2.08. The van der Waals surface area contributed by atoms with Crippen molar-refractivity contribution in [3.63, 3.8) is 0 Å². The van der Waals surface area contributed by atoms with Gasteiger partial charge in [-0.3, -0.25) is 0 Å². The van der Waals surface area contributed by atoms with Crippen LogP contribution in [-0.2, 0) is 6.42 Å². The lowest BCUT2D eigenvalue weighted by atomic mass is 10.1. The largest absolute Gasteiger partial charge is 0.508 e. The Morgan fingerprint density at radius 2 is 2.15 bits per heavy atom. The lowest BCUT2D eigenvalue weighted by molar-refractivity contribution is -0.159. The molecule has 2 rings (SSSR count). The summed E-state index contributed by atoms with van der Waals surface area (Å²) >= 11 is 0. The van der Waals surface area contributed by atoms with Crippen molar-refractivity contribution < 1.29 is 18.6 Å². The number of phenols is 1. The molecule has 4 heteroatoms. The molecule has 70 valence electrons. The van der Waals surface area contributed by atoms with Gasteiger partial charge in [-0.2, -0.15) is 8.78 Å². The third kappa shape index (κ3) is 1.22. The minimum atomic E-state index is -3.17. The summed E-state index contributed by atoms with van der Waals surface area (Å²) in [5.74, 6) is -0.0113. The van der Waals surface area contributed by atoms with Gasteiger partial charge in [0.1, 0.15) is 11.5 Å². The van der Waals surface area contributed by atoms with Crippen molar-refractivity contribution in [1.29, 1.82) is 0 Å². The van der Waals surface area contributed by atoms with Gasteiger partial charge in [0, 0.05) is 5.56 Å². The topological polar surface area (TPSA) is 29.5 Å². The number of benzene rings is 1. The van der Waals surface area contributed by atoms with E-state index in [0.29, 0.717) is 5.56 Å². The van der Waals surface area contributed by atoms with Crippen LogP contribution >= 0.6 is 0 Å². The normalized spacial score (nSPS) is 18.1. The fraction of sp³-hybridized carbons (Fsp3) is 0.333. The minimum absolute atomic E-state index is 0.116. The van der Waals surface area contributed by atoms with E-state index in [2.05, 4.69) is 4.74 Å². The number of rotatable bonds is 0. The second kappa shape index (κ2) is 2.34. The number of aryl methyl sites for hydroxylation is 1. The molecule has 0 spiro atoms. The Labute approximate surface area is 73.8 Å². The first kappa shape index (κ1) is 8.29. The summed E-state index contributed by atoms with van der Waals surface area (Å²) in [7, 11) is 0. The number of hydrogen-bond donors (Lipinski definition) is 1. The zero-order valence-corrected chi connectivity index (χ0v) is 6.97. The van der Waals surface area contributed by atoms with Crippen molar-refractivity contribution in [3.8, 4) is 11.5 Å². The zero-order valence-electron chi connectivity index (χ0n) is 6.97. The Morgan fingerprint density at radius 1 is 1.46 bits per heavy atom. The molecule has 0 bridgehead atoms. The van der Waals surface area contributed by atoms with Crippen molar-refractivity contribution >= 4 is 0 Å². The van der Waals surface area contributed by atoms with Crippen LogP contribution in [0.25, 0.3) is 0 Å². The number of phenolic OH excluding ortho intramolecular Hbond substituents is 1. The first-order valence-electron chi connectivity index (χ1n) is 3.88. The second-order valence-electron chi connectivity index (χ2n) is 3.13. The number of hydrogen-bond acceptors (Lipinski definition) is 2. The summed E-state index contributed by atoms with van der Waals surface area (Å²) in [6, 6.07) is 2.95. The summed E-state index contributed by atoms with van der Waals surface area (Å²) in [5.41, 5.74) is 0.815. The second-order valence-corrected chi connectivity index (χ2v) is 3.13. The molecule has 1 heterocycles. The summed E-state index contributed by atoms with van der Waals surface area (Å²) in [4.78, 5) is 0. The van der Waals surface area contributed by atoms with Gasteiger partial charge in [-0.25, -0.2) is 0 Å². The molecular weight excluding hydrogens is 178 g/mol. The van der Waals surface area contributed by atoms with Gasteiger partial charge in [0.15, 0.2) is 0 Å². The molecule has 0 saturated heterocycles. The van der Waals surface area contributed by atoms with Crippen molar-refractivity contribution in [1.82, 2.24) is 0 Å². The van der Waals surface area contributed by atoms with Crippen molar-refractivity contribution in [2.45, 2.75) is 19.5 Å². The average Bonchev–Trinajstić information content (AvgIpc) is 2.35. The van der Waals surface area contributed by atoms with Gasteiger partial charge < -0.3 is 9.84 Å². The fourth-order valence-electron chi connectivity index (χ4n) is 1.44. The molecule has 0 radical (unpaired) electrons. The first-order chi connectivity index (χ1) is 5.99. The highest BCUT2D eigenvalue weighted by atomic mass is 19.3. The van der Waals surface area contributed by atoms with Gasteiger partial charge in [-0.1, -0.05) is 6.07 Å². The number of aromatic hydroxyl groups is 1. The molecule has 1 N–H and O–H groups in total. The highest BCUT2D eigenvalue weighted by Gasteiger charge is 2.42. The number of ether oxygens (including phenoxy) is 1. The molecule has 0 amide bonds. The van der Waals surface area contributed by atoms with E-state index in [4.69, 9.17) is 0 Å². The van der Waals surface area contributed by atoms with Crippen LogP contribution in [0, 0.1) is 6.92 Å². The van der Waals surface area contributed by atoms with E-state index in [1.807, 2.05) is 0 Å². The lowest BCUT2D eigenvalue weighted by Crippen LogP contribution is -2.20. The quantitative estimate of drug-likeness (QED) is 0.673. The van der Waals surface area contributed by atoms with Crippen LogP contribution in [0.2, 0.25) is 0 Å². The standard InChI is InChI=1S/C9H8F2O2/c1-5-2-3-7(12)6-4-9(10,11)13-8(5)6/h2-3,12H,4H2,1H3. The molecule has 1 aromatic rings. The maximum absolute atomic E-state index is 12.8. The van der Waals surface area contributed by atoms with E-state index in [0.717, 1.165) is 0 Å². The molecule has 0 saturated carbocycles. The van der Waals surface area contributed by atoms with E-state index in [-0.39, 0.29) is 17.1 Å². The predicted molar refractivity (Wildman–Crippen MR) is 42.1 cm³/mol. The molecule has 1 aliphatic heterocycles. The Balaban J connectivity index is 2.56. The van der Waals surface area contributed by atoms with Crippen LogP contribution in [0.4, 0.5) is 8.78 Å². The SMILES string of the molecule is Cc1ccc(O)c2c1OC(F)(F)C2. The summed E-state index contributed by atoms with van der Waals surface area (Å²) in [6.45, 7) is 1.67. The van der Waals surface area contributed by atoms with Crippen molar-refractivity contribution in [2.24, 2.45) is 0 Å². The van der Waals surface area contributed by atoms with Crippen molar-refractivity contribution in [3.05, 3.63) is 23.3 Å². The number of fused-ring (bicyclic) bond motifs is 1. The third-order valence-electron chi connectivity index (χ3n) is 2.07. The van der Waals surface area contributed by atoms with Crippen LogP contribution in [0.3, 0.4) is 0 Å². The van der Waals surface area contributed by atoms with Crippen LogP contribution in [0.5, 0.6) is 11.5 Å². The van der Waals surface area contributed by atoms with Gasteiger partial charge in [0.2, 0.25) is 0 Å². The van der Waals surface area contributed by atoms with Gasteiger partial charge in [0.05, 0.1) is 6.42 Å². The summed E-state index contributed by atoms with van der Waals surface area (Å²) in [5, 5.41) is 9.27. The van der Waals surface area contributed by atoms with Gasteiger partial charge >= 0.3 is 6.11 Å². The van der Waals surface area contributed by atoms with E-state index in [1.54, 1.807) is 13.0 Å². The summed E-state index contributed by atoms with van der Waals surface area (Å²) < 4.78 is 29.9. The molecule has 1 aliphatic rings. The van der Waals surface area contributed by atoms with Crippen LogP contribution < -0.4 is 4.74 Å². The van der Waals surface area contributed by atoms with E-state index >= 15 is 0 Å². The smallest absolute Gasteiger partial charge is 0.402 e. The molecule has 0 aliphatic carbocycles. The Kier molecular flexibility index (Phi) is 1.49. The van der Waals surface area contributed by atoms with Crippen LogP contribution in [0.15, 0.2) is 12.1 Å². The Bertz CT molecular complexity index is 328. The van der Waals surface area contributed by atoms with E-state index < -0.39 is 12.5 Å². The maximum atomic E-state index is 12.8. The zero-order chi connectivity index (χ0) is 9.64. The monoisotopic (exact) mass is 186 g/mol. The average molecular weight is 186 g/mol. The molecule has 0 unspecified atom stereocenters. The fourth-order valence-corrected chi connectivity index (χ4v) is 1.44. The van der Waals surface area contributed by atoms with Gasteiger partial charge in [-0.15, -0.1) is 0 Å². The van der Waals surface area contributed by atoms with Gasteiger partial charge in [-0.05, 0) is 18.6 Å². The minimum Gasteiger partial charge on any atom is -0.508 e. The van der Waals surface area contributed by atoms with E-state index in [1.165, 1.54) is 6.07 Å². The molecule has 0 fully saturated rings. The Hall–Kier alpha value is -1.32. The molecular formula is C9H8F2O2. The van der Waals surface area contributed by atoms with Crippen molar-refractivity contribution in [2.75, 3.05) is 0 Å². The number of alkyl halides is 2. The van der Waals surface area contributed by atoms with Crippen LogP contribution in [0.1, 0.15) is 11.1 Å². The first-order valence-corrected chi connectivity index (χ1v) is 3.88. The van der Waals surface area contributed by atoms with Gasteiger partial charge in [0.25, 0.3) is 0 Å². The molecule has 0 atom stereocenters. The number of halogens is 2. The Morgan fingerprint density at radius 3 is 2.77 bits per heavy atom. The van der Waals surface area contributed by atoms with E-state index in [9.17, 15) is 13.9 Å². The van der Waals surface area contributed by atoms with Crippen LogP contribution in [-0.4, -0.2) is 11.2 Å². The molecule has 2 nitrogen and oxygen atoms in total. The predicted octanol–water partition coefficient (Wildman–Crippen LogP) is 2.23. The third-order valence-corrected chi connectivity index (χ3v) is 2.07. The molecule has 13 heavy (non-hydrogen) atoms.